The normalized spacial score (nSPS) is 12.4. The maximum Gasteiger partial charge on any atom is 0.305 e. The lowest BCUT2D eigenvalue weighted by atomic mass is 10.0. The Bertz CT molecular complexity index is 1070. The van der Waals surface area contributed by atoms with Crippen LogP contribution in [0.5, 0.6) is 0 Å². The van der Waals surface area contributed by atoms with Crippen molar-refractivity contribution in [1.29, 1.82) is 0 Å². The molecule has 0 fully saturated rings. The van der Waals surface area contributed by atoms with E-state index in [1.54, 1.807) is 0 Å². The van der Waals surface area contributed by atoms with Gasteiger partial charge in [-0.25, -0.2) is 0 Å². The van der Waals surface area contributed by atoms with Crippen LogP contribution in [0.2, 0.25) is 0 Å². The second kappa shape index (κ2) is 64.4. The summed E-state index contributed by atoms with van der Waals surface area (Å²) in [6, 6.07) is -0.538. The monoisotopic (exact) mass is 1050 g/mol. The molecule has 0 saturated carbocycles. The summed E-state index contributed by atoms with van der Waals surface area (Å²) in [4.78, 5) is 24.6. The lowest BCUT2D eigenvalue weighted by Gasteiger charge is -2.22. The van der Waals surface area contributed by atoms with Crippen LogP contribution in [0.1, 0.15) is 399 Å². The van der Waals surface area contributed by atoms with Gasteiger partial charge in [-0.05, 0) is 25.7 Å². The van der Waals surface area contributed by atoms with E-state index in [1.165, 1.54) is 327 Å². The van der Waals surface area contributed by atoms with Crippen molar-refractivity contribution >= 4 is 11.9 Å². The van der Waals surface area contributed by atoms with Crippen LogP contribution in [0.15, 0.2) is 0 Å². The molecule has 0 spiro atoms. The number of hydrogen-bond donors (Lipinski definition) is 3. The third-order valence-corrected chi connectivity index (χ3v) is 16.4. The number of esters is 1. The lowest BCUT2D eigenvalue weighted by Crippen LogP contribution is -2.45. The Balaban J connectivity index is 3.32. The molecule has 74 heavy (non-hydrogen) atoms. The van der Waals surface area contributed by atoms with Crippen molar-refractivity contribution in [3.05, 3.63) is 0 Å². The Morgan fingerprint density at radius 2 is 0.554 bits per heavy atom. The molecule has 0 aromatic heterocycles. The second-order valence-electron chi connectivity index (χ2n) is 23.9. The maximum absolute atomic E-state index is 12.5. The van der Waals surface area contributed by atoms with E-state index in [9.17, 15) is 19.8 Å². The maximum atomic E-state index is 12.5. The highest BCUT2D eigenvalue weighted by molar-refractivity contribution is 5.76. The van der Waals surface area contributed by atoms with Gasteiger partial charge in [-0.2, -0.15) is 0 Å². The Hall–Kier alpha value is -1.14. The van der Waals surface area contributed by atoms with Crippen molar-refractivity contribution < 1.29 is 24.5 Å². The van der Waals surface area contributed by atoms with Crippen LogP contribution < -0.4 is 5.32 Å². The molecule has 0 aromatic carbocycles. The number of rotatable bonds is 65. The first-order valence-corrected chi connectivity index (χ1v) is 34.3. The molecule has 2 unspecified atom stereocenters. The molecule has 6 nitrogen and oxygen atoms in total. The van der Waals surface area contributed by atoms with E-state index < -0.39 is 12.1 Å². The fourth-order valence-corrected chi connectivity index (χ4v) is 11.2. The Labute approximate surface area is 464 Å². The number of hydrogen-bond acceptors (Lipinski definition) is 5. The first-order valence-electron chi connectivity index (χ1n) is 34.3. The van der Waals surface area contributed by atoms with Crippen LogP contribution in [-0.4, -0.2) is 47.4 Å². The highest BCUT2D eigenvalue weighted by Crippen LogP contribution is 2.19. The van der Waals surface area contributed by atoms with Gasteiger partial charge in [-0.3, -0.25) is 9.59 Å². The molecule has 0 bridgehead atoms. The minimum absolute atomic E-state index is 0.0215. The fourth-order valence-electron chi connectivity index (χ4n) is 11.2. The summed E-state index contributed by atoms with van der Waals surface area (Å²) in [5.41, 5.74) is 0. The number of aliphatic hydroxyl groups excluding tert-OH is 2. The molecule has 0 aromatic rings. The Kier molecular flexibility index (Phi) is 63.4. The SMILES string of the molecule is CCCCCCCCCCCCCCCCCCC(O)C(CO)NC(=O)CCCCCCCCCCCCCCCCCCCCCCCCCCCCCCOC(=O)CCCCCCCCCCCCCCC. The molecule has 442 valence electrons. The lowest BCUT2D eigenvalue weighted by molar-refractivity contribution is -0.143. The summed E-state index contributed by atoms with van der Waals surface area (Å²) in [7, 11) is 0. The van der Waals surface area contributed by atoms with Gasteiger partial charge in [0.15, 0.2) is 0 Å². The molecule has 2 atom stereocenters. The van der Waals surface area contributed by atoms with E-state index in [1.807, 2.05) is 0 Å². The van der Waals surface area contributed by atoms with Crippen molar-refractivity contribution in [2.45, 2.75) is 411 Å². The first kappa shape index (κ1) is 72.9. The molecular formula is C68H135NO5. The molecule has 1 amide bonds. The second-order valence-corrected chi connectivity index (χ2v) is 23.9. The number of nitrogens with one attached hydrogen (secondary N) is 1. The van der Waals surface area contributed by atoms with Crippen LogP contribution >= 0.6 is 0 Å². The summed E-state index contributed by atoms with van der Waals surface area (Å²) in [5.74, 6) is -0.00635. The molecule has 0 aliphatic heterocycles. The van der Waals surface area contributed by atoms with Crippen molar-refractivity contribution in [2.24, 2.45) is 0 Å². The van der Waals surface area contributed by atoms with Gasteiger partial charge in [-0.15, -0.1) is 0 Å². The van der Waals surface area contributed by atoms with E-state index in [2.05, 4.69) is 19.2 Å². The molecule has 3 N–H and O–H groups in total. The zero-order valence-electron chi connectivity index (χ0n) is 50.6. The van der Waals surface area contributed by atoms with Crippen LogP contribution in [0.25, 0.3) is 0 Å². The number of carbonyl (C=O) groups is 2. The van der Waals surface area contributed by atoms with E-state index in [0.717, 1.165) is 38.5 Å². The highest BCUT2D eigenvalue weighted by atomic mass is 16.5. The van der Waals surface area contributed by atoms with Crippen LogP contribution in [0, 0.1) is 0 Å². The van der Waals surface area contributed by atoms with Gasteiger partial charge in [0.05, 0.1) is 25.4 Å². The van der Waals surface area contributed by atoms with Crippen molar-refractivity contribution in [3.63, 3.8) is 0 Å². The average Bonchev–Trinajstić information content (AvgIpc) is 3.40. The molecular weight excluding hydrogens is 911 g/mol. The molecule has 0 heterocycles. The molecule has 0 saturated heterocycles. The van der Waals surface area contributed by atoms with Crippen molar-refractivity contribution in [1.82, 2.24) is 5.32 Å². The molecule has 0 aliphatic rings. The van der Waals surface area contributed by atoms with Gasteiger partial charge in [0.2, 0.25) is 5.91 Å². The molecule has 0 rings (SSSR count). The predicted octanol–water partition coefficient (Wildman–Crippen LogP) is 21.8. The summed E-state index contributed by atoms with van der Waals surface area (Å²) in [6.07, 6.45) is 77.2. The number of aliphatic hydroxyl groups is 2. The third kappa shape index (κ3) is 60.1. The average molecular weight is 1050 g/mol. The summed E-state index contributed by atoms with van der Waals surface area (Å²) >= 11 is 0. The van der Waals surface area contributed by atoms with Crippen LogP contribution in [0.4, 0.5) is 0 Å². The third-order valence-electron chi connectivity index (χ3n) is 16.4. The zero-order chi connectivity index (χ0) is 53.6. The van der Waals surface area contributed by atoms with Gasteiger partial charge >= 0.3 is 5.97 Å². The van der Waals surface area contributed by atoms with Crippen LogP contribution in [-0.2, 0) is 14.3 Å². The minimum Gasteiger partial charge on any atom is -0.466 e. The van der Waals surface area contributed by atoms with E-state index in [-0.39, 0.29) is 18.5 Å². The first-order chi connectivity index (χ1) is 36.5. The molecule has 6 heteroatoms. The fraction of sp³-hybridized carbons (Fsp3) is 0.971. The smallest absolute Gasteiger partial charge is 0.305 e. The quantitative estimate of drug-likeness (QED) is 0.0417. The molecule has 0 radical (unpaired) electrons. The standard InChI is InChI=1S/C68H135NO5/c1-3-5-7-9-11-13-15-17-18-33-37-40-44-48-52-56-60-66(71)65(64-70)69-67(72)61-57-53-49-45-41-38-34-31-29-27-25-23-21-19-20-22-24-26-28-30-32-35-39-43-47-51-55-59-63-74-68(73)62-58-54-50-46-42-36-16-14-12-10-8-6-4-2/h65-66,70-71H,3-64H2,1-2H3,(H,69,72). The van der Waals surface area contributed by atoms with Gasteiger partial charge in [-0.1, -0.05) is 361 Å². The zero-order valence-corrected chi connectivity index (χ0v) is 50.6. The number of ether oxygens (including phenoxy) is 1. The van der Waals surface area contributed by atoms with Crippen LogP contribution in [0.3, 0.4) is 0 Å². The molecule has 0 aliphatic carbocycles. The highest BCUT2D eigenvalue weighted by Gasteiger charge is 2.20. The Morgan fingerprint density at radius 1 is 0.324 bits per heavy atom. The number of carbonyl (C=O) groups excluding carboxylic acids is 2. The minimum atomic E-state index is -0.661. The predicted molar refractivity (Wildman–Crippen MR) is 324 cm³/mol. The van der Waals surface area contributed by atoms with Crippen molar-refractivity contribution in [3.8, 4) is 0 Å². The van der Waals surface area contributed by atoms with Crippen molar-refractivity contribution in [2.75, 3.05) is 13.2 Å². The Morgan fingerprint density at radius 3 is 0.824 bits per heavy atom. The largest absolute Gasteiger partial charge is 0.466 e. The van der Waals surface area contributed by atoms with Gasteiger partial charge in [0.25, 0.3) is 0 Å². The summed E-state index contributed by atoms with van der Waals surface area (Å²) in [6.45, 7) is 5.00. The van der Waals surface area contributed by atoms with E-state index in [4.69, 9.17) is 4.74 Å². The summed E-state index contributed by atoms with van der Waals surface area (Å²) < 4.78 is 5.49. The van der Waals surface area contributed by atoms with Gasteiger partial charge in [0, 0.05) is 12.8 Å². The van der Waals surface area contributed by atoms with E-state index in [0.29, 0.717) is 25.9 Å². The van der Waals surface area contributed by atoms with Gasteiger partial charge in [0.1, 0.15) is 0 Å². The number of amides is 1. The van der Waals surface area contributed by atoms with Gasteiger partial charge < -0.3 is 20.3 Å². The number of unbranched alkanes of at least 4 members (excludes halogenated alkanes) is 54. The summed E-state index contributed by atoms with van der Waals surface area (Å²) in [5, 5.41) is 23.3. The van der Waals surface area contributed by atoms with E-state index >= 15 is 0 Å². The topological polar surface area (TPSA) is 95.9 Å².